The Bertz CT molecular complexity index is 670. The Balaban J connectivity index is 1.98. The van der Waals surface area contributed by atoms with Crippen LogP contribution in [-0.4, -0.2) is 28.3 Å². The first-order chi connectivity index (χ1) is 10.3. The fraction of sp³-hybridized carbons (Fsp3) is 0.412. The van der Waals surface area contributed by atoms with E-state index in [1.165, 1.54) is 0 Å². The molecule has 4 nitrogen and oxygen atoms in total. The summed E-state index contributed by atoms with van der Waals surface area (Å²) < 4.78 is 12.2. The second-order valence-corrected chi connectivity index (χ2v) is 6.68. The van der Waals surface area contributed by atoms with Gasteiger partial charge in [0.25, 0.3) is 0 Å². The monoisotopic (exact) mass is 296 g/mol. The molecule has 114 valence electrons. The van der Waals surface area contributed by atoms with Gasteiger partial charge in [-0.15, -0.1) is 0 Å². The van der Waals surface area contributed by atoms with Gasteiger partial charge in [-0.25, -0.2) is 9.97 Å². The zero-order valence-electron chi connectivity index (χ0n) is 13.8. The minimum Gasteiger partial charge on any atom is -0.398 e. The van der Waals surface area contributed by atoms with Crippen molar-refractivity contribution < 1.29 is 9.31 Å². The van der Waals surface area contributed by atoms with Gasteiger partial charge in [0.05, 0.1) is 22.5 Å². The molecule has 0 atom stereocenters. The minimum atomic E-state index is -0.464. The third-order valence-corrected chi connectivity index (χ3v) is 4.42. The molecule has 1 saturated heterocycles. The molecule has 0 saturated carbocycles. The first-order valence-corrected chi connectivity index (χ1v) is 7.55. The molecule has 0 bridgehead atoms. The SMILES string of the molecule is Cc1nc(B2OC(C)(C)C(C)(C)O2)cc(-c2ccccc2)n1. The fourth-order valence-electron chi connectivity index (χ4n) is 2.43. The van der Waals surface area contributed by atoms with E-state index in [1.54, 1.807) is 0 Å². The molecule has 0 N–H and O–H groups in total. The van der Waals surface area contributed by atoms with Crippen LogP contribution >= 0.6 is 0 Å². The van der Waals surface area contributed by atoms with Crippen LogP contribution in [-0.2, 0) is 9.31 Å². The van der Waals surface area contributed by atoms with E-state index in [2.05, 4.69) is 9.97 Å². The van der Waals surface area contributed by atoms with Gasteiger partial charge in [-0.2, -0.15) is 0 Å². The molecular weight excluding hydrogens is 275 g/mol. The highest BCUT2D eigenvalue weighted by atomic mass is 16.7. The van der Waals surface area contributed by atoms with Gasteiger partial charge in [0.15, 0.2) is 0 Å². The summed E-state index contributed by atoms with van der Waals surface area (Å²) in [5.74, 6) is 0.714. The van der Waals surface area contributed by atoms with Gasteiger partial charge in [-0.3, -0.25) is 0 Å². The fourth-order valence-corrected chi connectivity index (χ4v) is 2.43. The van der Waals surface area contributed by atoms with Crippen LogP contribution in [0.15, 0.2) is 36.4 Å². The molecule has 0 amide bonds. The van der Waals surface area contributed by atoms with Crippen molar-refractivity contribution in [2.75, 3.05) is 0 Å². The molecule has 0 spiro atoms. The molecule has 1 aliphatic rings. The van der Waals surface area contributed by atoms with Gasteiger partial charge >= 0.3 is 7.12 Å². The quantitative estimate of drug-likeness (QED) is 0.799. The lowest BCUT2D eigenvalue weighted by Crippen LogP contribution is -2.41. The van der Waals surface area contributed by atoms with Crippen molar-refractivity contribution >= 4 is 12.7 Å². The van der Waals surface area contributed by atoms with Crippen molar-refractivity contribution in [3.63, 3.8) is 0 Å². The molecular formula is C17H21BN2O2. The molecule has 1 aromatic heterocycles. The Kier molecular flexibility index (Phi) is 3.58. The molecule has 1 aromatic carbocycles. The second kappa shape index (κ2) is 5.18. The number of aryl methyl sites for hydroxylation is 1. The summed E-state index contributed by atoms with van der Waals surface area (Å²) in [5.41, 5.74) is 1.97. The van der Waals surface area contributed by atoms with Crippen molar-refractivity contribution in [1.82, 2.24) is 9.97 Å². The summed E-state index contributed by atoms with van der Waals surface area (Å²) >= 11 is 0. The first-order valence-electron chi connectivity index (χ1n) is 7.55. The van der Waals surface area contributed by atoms with Crippen LogP contribution in [0.3, 0.4) is 0 Å². The lowest BCUT2D eigenvalue weighted by molar-refractivity contribution is 0.00578. The number of hydrogen-bond donors (Lipinski definition) is 0. The maximum atomic E-state index is 6.08. The summed E-state index contributed by atoms with van der Waals surface area (Å²) in [4.78, 5) is 9.04. The average Bonchev–Trinajstić information content (AvgIpc) is 2.68. The number of benzene rings is 1. The van der Waals surface area contributed by atoms with Gasteiger partial charge < -0.3 is 9.31 Å². The summed E-state index contributed by atoms with van der Waals surface area (Å²) in [5, 5.41) is 0. The molecule has 0 aliphatic carbocycles. The van der Waals surface area contributed by atoms with Crippen LogP contribution in [0.25, 0.3) is 11.3 Å². The lowest BCUT2D eigenvalue weighted by Gasteiger charge is -2.32. The summed E-state index contributed by atoms with van der Waals surface area (Å²) in [6.07, 6.45) is 0. The van der Waals surface area contributed by atoms with Crippen molar-refractivity contribution in [2.45, 2.75) is 45.8 Å². The molecule has 0 unspecified atom stereocenters. The van der Waals surface area contributed by atoms with E-state index in [1.807, 2.05) is 71.0 Å². The maximum absolute atomic E-state index is 6.08. The van der Waals surface area contributed by atoms with E-state index in [4.69, 9.17) is 9.31 Å². The lowest BCUT2D eigenvalue weighted by atomic mass is 9.83. The Labute approximate surface area is 132 Å². The van der Waals surface area contributed by atoms with Gasteiger partial charge in [0, 0.05) is 5.56 Å². The zero-order chi connectivity index (χ0) is 16.0. The highest BCUT2D eigenvalue weighted by Gasteiger charge is 2.52. The molecule has 2 heterocycles. The topological polar surface area (TPSA) is 44.2 Å². The van der Waals surface area contributed by atoms with Crippen LogP contribution < -0.4 is 5.59 Å². The summed E-state index contributed by atoms with van der Waals surface area (Å²) in [6.45, 7) is 10.1. The molecule has 22 heavy (non-hydrogen) atoms. The third kappa shape index (κ3) is 2.66. The second-order valence-electron chi connectivity index (χ2n) is 6.68. The molecule has 5 heteroatoms. The van der Waals surface area contributed by atoms with Gasteiger partial charge in [-0.05, 0) is 40.7 Å². The van der Waals surface area contributed by atoms with Crippen LogP contribution in [0.4, 0.5) is 0 Å². The largest absolute Gasteiger partial charge is 0.514 e. The zero-order valence-corrected chi connectivity index (χ0v) is 13.8. The number of hydrogen-bond acceptors (Lipinski definition) is 4. The van der Waals surface area contributed by atoms with E-state index in [9.17, 15) is 0 Å². The Morgan fingerprint density at radius 1 is 0.909 bits per heavy atom. The molecule has 3 rings (SSSR count). The molecule has 0 radical (unpaired) electrons. The van der Waals surface area contributed by atoms with E-state index in [0.29, 0.717) is 5.82 Å². The first kappa shape index (κ1) is 15.2. The van der Waals surface area contributed by atoms with E-state index >= 15 is 0 Å². The summed E-state index contributed by atoms with van der Waals surface area (Å²) in [6, 6.07) is 12.0. The molecule has 1 aliphatic heterocycles. The van der Waals surface area contributed by atoms with E-state index in [0.717, 1.165) is 16.9 Å². The average molecular weight is 296 g/mol. The van der Waals surface area contributed by atoms with Crippen molar-refractivity contribution in [1.29, 1.82) is 0 Å². The standard InChI is InChI=1S/C17H21BN2O2/c1-12-19-14(13-9-7-6-8-10-13)11-15(20-12)18-21-16(2,3)17(4,5)22-18/h6-11H,1-5H3. The number of nitrogens with zero attached hydrogens (tertiary/aromatic N) is 2. The van der Waals surface area contributed by atoms with Gasteiger partial charge in [-0.1, -0.05) is 30.3 Å². The van der Waals surface area contributed by atoms with Crippen molar-refractivity contribution in [2.24, 2.45) is 0 Å². The summed E-state index contributed by atoms with van der Waals surface area (Å²) in [7, 11) is -0.464. The normalized spacial score (nSPS) is 19.4. The van der Waals surface area contributed by atoms with Crippen molar-refractivity contribution in [3.05, 3.63) is 42.2 Å². The Morgan fingerprint density at radius 2 is 1.50 bits per heavy atom. The van der Waals surface area contributed by atoms with Crippen LogP contribution in [0.2, 0.25) is 0 Å². The van der Waals surface area contributed by atoms with Gasteiger partial charge in [0.1, 0.15) is 5.82 Å². The van der Waals surface area contributed by atoms with Crippen LogP contribution in [0.1, 0.15) is 33.5 Å². The Morgan fingerprint density at radius 3 is 2.09 bits per heavy atom. The number of rotatable bonds is 2. The third-order valence-electron chi connectivity index (χ3n) is 4.42. The smallest absolute Gasteiger partial charge is 0.398 e. The highest BCUT2D eigenvalue weighted by molar-refractivity contribution is 6.61. The van der Waals surface area contributed by atoms with Crippen LogP contribution in [0, 0.1) is 6.92 Å². The highest BCUT2D eigenvalue weighted by Crippen LogP contribution is 2.36. The van der Waals surface area contributed by atoms with E-state index in [-0.39, 0.29) is 11.2 Å². The van der Waals surface area contributed by atoms with Crippen LogP contribution in [0.5, 0.6) is 0 Å². The maximum Gasteiger partial charge on any atom is 0.514 e. The number of aromatic nitrogens is 2. The molecule has 1 fully saturated rings. The molecule has 2 aromatic rings. The predicted octanol–water partition coefficient (Wildman–Crippen LogP) is 2.75. The van der Waals surface area contributed by atoms with Gasteiger partial charge in [0.2, 0.25) is 0 Å². The van der Waals surface area contributed by atoms with E-state index < -0.39 is 7.12 Å². The van der Waals surface area contributed by atoms with Crippen molar-refractivity contribution in [3.8, 4) is 11.3 Å². The minimum absolute atomic E-state index is 0.372. The Hall–Kier alpha value is -1.72. The predicted molar refractivity (Wildman–Crippen MR) is 87.9 cm³/mol.